The molecule has 3 N–H and O–H groups in total. The normalized spacial score (nSPS) is 21.8. The van der Waals surface area contributed by atoms with E-state index in [1.54, 1.807) is 18.3 Å². The molecule has 1 aliphatic heterocycles. The van der Waals surface area contributed by atoms with E-state index in [0.717, 1.165) is 12.0 Å². The fourth-order valence-electron chi connectivity index (χ4n) is 2.80. The average molecular weight is 300 g/mol. The number of ether oxygens (including phenoxy) is 1. The zero-order valence-electron chi connectivity index (χ0n) is 12.5. The van der Waals surface area contributed by atoms with Gasteiger partial charge in [-0.2, -0.15) is 0 Å². The van der Waals surface area contributed by atoms with E-state index in [1.807, 2.05) is 30.3 Å². The number of nitrogens with one attached hydrogen (secondary N) is 1. The Kier molecular flexibility index (Phi) is 4.22. The fraction of sp³-hybridized carbons (Fsp3) is 0.375. The lowest BCUT2D eigenvalue weighted by Crippen LogP contribution is -2.53. The Balaban J connectivity index is 1.83. The van der Waals surface area contributed by atoms with E-state index in [4.69, 9.17) is 10.5 Å². The number of nitrogens with two attached hydrogens (primary N) is 1. The Morgan fingerprint density at radius 1 is 1.41 bits per heavy atom. The summed E-state index contributed by atoms with van der Waals surface area (Å²) in [7, 11) is 1.63. The first-order valence-corrected chi connectivity index (χ1v) is 7.37. The second kappa shape index (κ2) is 6.29. The zero-order valence-corrected chi connectivity index (χ0v) is 12.5. The van der Waals surface area contributed by atoms with Crippen LogP contribution in [0.15, 0.2) is 36.7 Å². The van der Waals surface area contributed by atoms with Crippen LogP contribution in [0.1, 0.15) is 16.9 Å². The van der Waals surface area contributed by atoms with Crippen molar-refractivity contribution in [3.8, 4) is 11.3 Å². The lowest BCUT2D eigenvalue weighted by atomic mass is 10.0. The molecule has 116 valence electrons. The number of likely N-dealkylation sites (tertiary alicyclic amines) is 1. The first-order chi connectivity index (χ1) is 10.7. The number of methoxy groups -OCH3 is 1. The highest BCUT2D eigenvalue weighted by atomic mass is 16.5. The number of hydrogen-bond acceptors (Lipinski definition) is 4. The Bertz CT molecular complexity index is 641. The fourth-order valence-corrected chi connectivity index (χ4v) is 2.80. The van der Waals surface area contributed by atoms with E-state index in [1.165, 1.54) is 0 Å². The first kappa shape index (κ1) is 14.7. The van der Waals surface area contributed by atoms with Gasteiger partial charge < -0.3 is 20.4 Å². The third kappa shape index (κ3) is 2.75. The highest BCUT2D eigenvalue weighted by Gasteiger charge is 2.31. The van der Waals surface area contributed by atoms with Gasteiger partial charge in [0.1, 0.15) is 11.4 Å². The zero-order chi connectivity index (χ0) is 15.5. The highest BCUT2D eigenvalue weighted by Crippen LogP contribution is 2.22. The lowest BCUT2D eigenvalue weighted by molar-refractivity contribution is 0.0160. The molecule has 1 amide bonds. The number of piperidine rings is 1. The van der Waals surface area contributed by atoms with Crippen molar-refractivity contribution >= 4 is 5.91 Å². The summed E-state index contributed by atoms with van der Waals surface area (Å²) in [5.74, 6) is -0.0645. The molecule has 2 atom stereocenters. The molecular formula is C16H20N4O2. The molecule has 0 radical (unpaired) electrons. The second-order valence-corrected chi connectivity index (χ2v) is 5.47. The molecule has 3 rings (SSSR count). The van der Waals surface area contributed by atoms with E-state index < -0.39 is 0 Å². The summed E-state index contributed by atoms with van der Waals surface area (Å²) < 4.78 is 5.37. The number of benzene rings is 1. The maximum atomic E-state index is 12.8. The molecule has 1 fully saturated rings. The number of carbonyl (C=O) groups excluding carboxylic acids is 1. The van der Waals surface area contributed by atoms with Crippen molar-refractivity contribution in [2.24, 2.45) is 5.73 Å². The number of aromatic nitrogens is 2. The van der Waals surface area contributed by atoms with Gasteiger partial charge in [0.15, 0.2) is 0 Å². The minimum atomic E-state index is -0.124. The van der Waals surface area contributed by atoms with E-state index in [0.29, 0.717) is 24.5 Å². The molecule has 0 bridgehead atoms. The van der Waals surface area contributed by atoms with Gasteiger partial charge in [-0.25, -0.2) is 4.98 Å². The smallest absolute Gasteiger partial charge is 0.272 e. The van der Waals surface area contributed by atoms with Gasteiger partial charge in [-0.1, -0.05) is 30.3 Å². The summed E-state index contributed by atoms with van der Waals surface area (Å²) in [5.41, 5.74) is 8.11. The van der Waals surface area contributed by atoms with E-state index >= 15 is 0 Å². The molecule has 1 aromatic heterocycles. The first-order valence-electron chi connectivity index (χ1n) is 7.37. The van der Waals surface area contributed by atoms with E-state index in [9.17, 15) is 4.79 Å². The molecule has 0 saturated carbocycles. The molecular weight excluding hydrogens is 280 g/mol. The van der Waals surface area contributed by atoms with Gasteiger partial charge in [0.2, 0.25) is 0 Å². The number of rotatable bonds is 3. The number of carbonyl (C=O) groups is 1. The molecule has 6 nitrogen and oxygen atoms in total. The standard InChI is InChI=1S/C16H20N4O2/c1-22-13-9-20(8-7-12(13)17)16(21)15-14(18-10-19-15)11-5-3-2-4-6-11/h2-6,10,12-13H,7-9,17H2,1H3,(H,18,19)/t12-,13+/m1/s1. The van der Waals surface area contributed by atoms with Crippen molar-refractivity contribution in [1.82, 2.24) is 14.9 Å². The van der Waals surface area contributed by atoms with Crippen LogP contribution in [0, 0.1) is 0 Å². The van der Waals surface area contributed by atoms with Crippen LogP contribution in [0.2, 0.25) is 0 Å². The summed E-state index contributed by atoms with van der Waals surface area (Å²) in [6.45, 7) is 1.14. The van der Waals surface area contributed by atoms with E-state index in [-0.39, 0.29) is 18.1 Å². The Labute approximate surface area is 129 Å². The van der Waals surface area contributed by atoms with Gasteiger partial charge in [-0.15, -0.1) is 0 Å². The third-order valence-corrected chi connectivity index (χ3v) is 4.10. The van der Waals surface area contributed by atoms with Crippen LogP contribution in [0.5, 0.6) is 0 Å². The average Bonchev–Trinajstić information content (AvgIpc) is 3.05. The Morgan fingerprint density at radius 2 is 2.18 bits per heavy atom. The summed E-state index contributed by atoms with van der Waals surface area (Å²) in [6.07, 6.45) is 2.17. The van der Waals surface area contributed by atoms with Gasteiger partial charge in [0.25, 0.3) is 5.91 Å². The van der Waals surface area contributed by atoms with Crippen LogP contribution in [-0.2, 0) is 4.74 Å². The molecule has 1 aromatic carbocycles. The number of imidazole rings is 1. The van der Waals surface area contributed by atoms with Crippen molar-refractivity contribution in [3.63, 3.8) is 0 Å². The molecule has 22 heavy (non-hydrogen) atoms. The SMILES string of the molecule is CO[C@H]1CN(C(=O)c2[nH]cnc2-c2ccccc2)CC[C@H]1N. The molecule has 2 heterocycles. The molecule has 2 aromatic rings. The summed E-state index contributed by atoms with van der Waals surface area (Å²) in [4.78, 5) is 21.8. The van der Waals surface area contributed by atoms with Crippen molar-refractivity contribution in [2.45, 2.75) is 18.6 Å². The van der Waals surface area contributed by atoms with Gasteiger partial charge in [-0.3, -0.25) is 4.79 Å². The lowest BCUT2D eigenvalue weighted by Gasteiger charge is -2.35. The maximum Gasteiger partial charge on any atom is 0.272 e. The minimum absolute atomic E-state index is 0.0237. The van der Waals surface area contributed by atoms with Gasteiger partial charge in [-0.05, 0) is 6.42 Å². The summed E-state index contributed by atoms with van der Waals surface area (Å²) in [5, 5.41) is 0. The van der Waals surface area contributed by atoms with Crippen LogP contribution in [0.4, 0.5) is 0 Å². The maximum absolute atomic E-state index is 12.8. The second-order valence-electron chi connectivity index (χ2n) is 5.47. The highest BCUT2D eigenvalue weighted by molar-refractivity contribution is 5.98. The number of hydrogen-bond donors (Lipinski definition) is 2. The number of H-pyrrole nitrogens is 1. The predicted molar refractivity (Wildman–Crippen MR) is 83.3 cm³/mol. The predicted octanol–water partition coefficient (Wildman–Crippen LogP) is 1.26. The Morgan fingerprint density at radius 3 is 2.91 bits per heavy atom. The van der Waals surface area contributed by atoms with Crippen molar-refractivity contribution < 1.29 is 9.53 Å². The number of nitrogens with zero attached hydrogens (tertiary/aromatic N) is 2. The Hall–Kier alpha value is -2.18. The summed E-state index contributed by atoms with van der Waals surface area (Å²) in [6, 6.07) is 9.66. The largest absolute Gasteiger partial charge is 0.378 e. The van der Waals surface area contributed by atoms with Crippen LogP contribution in [0.3, 0.4) is 0 Å². The quantitative estimate of drug-likeness (QED) is 0.894. The molecule has 1 aliphatic rings. The van der Waals surface area contributed by atoms with Gasteiger partial charge in [0, 0.05) is 31.8 Å². The number of aromatic amines is 1. The topological polar surface area (TPSA) is 84.2 Å². The van der Waals surface area contributed by atoms with Crippen LogP contribution in [0.25, 0.3) is 11.3 Å². The molecule has 0 unspecified atom stereocenters. The summed E-state index contributed by atoms with van der Waals surface area (Å²) >= 11 is 0. The minimum Gasteiger partial charge on any atom is -0.378 e. The molecule has 0 aliphatic carbocycles. The van der Waals surface area contributed by atoms with Crippen LogP contribution >= 0.6 is 0 Å². The number of amides is 1. The van der Waals surface area contributed by atoms with Crippen molar-refractivity contribution in [3.05, 3.63) is 42.4 Å². The van der Waals surface area contributed by atoms with Crippen LogP contribution in [-0.4, -0.2) is 53.1 Å². The van der Waals surface area contributed by atoms with Gasteiger partial charge in [0.05, 0.1) is 12.4 Å². The molecule has 1 saturated heterocycles. The van der Waals surface area contributed by atoms with Crippen molar-refractivity contribution in [1.29, 1.82) is 0 Å². The van der Waals surface area contributed by atoms with Crippen LogP contribution < -0.4 is 5.73 Å². The molecule has 6 heteroatoms. The molecule has 0 spiro atoms. The van der Waals surface area contributed by atoms with Crippen molar-refractivity contribution in [2.75, 3.05) is 20.2 Å². The van der Waals surface area contributed by atoms with Gasteiger partial charge >= 0.3 is 0 Å². The third-order valence-electron chi connectivity index (χ3n) is 4.10. The van der Waals surface area contributed by atoms with E-state index in [2.05, 4.69) is 9.97 Å². The monoisotopic (exact) mass is 300 g/mol.